The molecular formula is C14H20N2O2. The van der Waals surface area contributed by atoms with E-state index in [4.69, 9.17) is 0 Å². The molecule has 4 heteroatoms. The number of nitrogens with zero attached hydrogens (tertiary/aromatic N) is 2. The molecule has 2 heterocycles. The van der Waals surface area contributed by atoms with Crippen LogP contribution in [0.25, 0.3) is 0 Å². The van der Waals surface area contributed by atoms with Gasteiger partial charge in [0.25, 0.3) is 5.56 Å². The number of rotatable bonds is 4. The molecule has 0 N–H and O–H groups in total. The van der Waals surface area contributed by atoms with Crippen molar-refractivity contribution in [3.8, 4) is 0 Å². The van der Waals surface area contributed by atoms with Crippen LogP contribution in [0.3, 0.4) is 0 Å². The molecule has 0 aromatic carbocycles. The summed E-state index contributed by atoms with van der Waals surface area (Å²) in [7, 11) is 0. The molecule has 0 bridgehead atoms. The van der Waals surface area contributed by atoms with E-state index in [1.807, 2.05) is 19.9 Å². The van der Waals surface area contributed by atoms with Gasteiger partial charge < -0.3 is 9.47 Å². The summed E-state index contributed by atoms with van der Waals surface area (Å²) in [6.07, 6.45) is 3.87. The van der Waals surface area contributed by atoms with Gasteiger partial charge in [0, 0.05) is 25.3 Å². The summed E-state index contributed by atoms with van der Waals surface area (Å²) >= 11 is 0. The maximum Gasteiger partial charge on any atom is 0.263 e. The molecule has 0 saturated carbocycles. The fraction of sp³-hybridized carbons (Fsp3) is 0.571. The quantitative estimate of drug-likeness (QED) is 0.765. The van der Waals surface area contributed by atoms with Crippen molar-refractivity contribution in [2.75, 3.05) is 18.0 Å². The van der Waals surface area contributed by atoms with Gasteiger partial charge in [0.2, 0.25) is 0 Å². The molecule has 1 aromatic rings. The monoisotopic (exact) mass is 248 g/mol. The highest BCUT2D eigenvalue weighted by atomic mass is 16.1. The van der Waals surface area contributed by atoms with Crippen LogP contribution in [0.2, 0.25) is 0 Å². The van der Waals surface area contributed by atoms with E-state index in [2.05, 4.69) is 4.90 Å². The second-order valence-electron chi connectivity index (χ2n) is 4.85. The summed E-state index contributed by atoms with van der Waals surface area (Å²) in [5.41, 5.74) is 1.93. The van der Waals surface area contributed by atoms with E-state index in [0.717, 1.165) is 43.7 Å². The highest BCUT2D eigenvalue weighted by Crippen LogP contribution is 2.22. The standard InChI is InChI=1S/C14H20N2O2/c1-3-6-16-11(2)9-13(12(10-17)14(16)18)15-7-4-5-8-15/h9-10H,3-8H2,1-2H3. The minimum atomic E-state index is -0.145. The summed E-state index contributed by atoms with van der Waals surface area (Å²) in [5, 5.41) is 0. The van der Waals surface area contributed by atoms with Crippen LogP contribution in [0.4, 0.5) is 5.69 Å². The van der Waals surface area contributed by atoms with Gasteiger partial charge in [-0.1, -0.05) is 6.92 Å². The lowest BCUT2D eigenvalue weighted by Gasteiger charge is -2.21. The van der Waals surface area contributed by atoms with Crippen LogP contribution in [0.15, 0.2) is 10.9 Å². The number of anilines is 1. The lowest BCUT2D eigenvalue weighted by Crippen LogP contribution is -2.30. The van der Waals surface area contributed by atoms with Crippen molar-refractivity contribution in [2.24, 2.45) is 0 Å². The van der Waals surface area contributed by atoms with Crippen LogP contribution in [0.1, 0.15) is 42.2 Å². The van der Waals surface area contributed by atoms with Gasteiger partial charge in [0.15, 0.2) is 6.29 Å². The molecule has 98 valence electrons. The highest BCUT2D eigenvalue weighted by molar-refractivity contribution is 5.84. The second-order valence-corrected chi connectivity index (χ2v) is 4.85. The Kier molecular flexibility index (Phi) is 3.84. The van der Waals surface area contributed by atoms with E-state index in [9.17, 15) is 9.59 Å². The molecule has 0 aliphatic carbocycles. The highest BCUT2D eigenvalue weighted by Gasteiger charge is 2.19. The number of carbonyl (C=O) groups is 1. The molecule has 0 unspecified atom stereocenters. The van der Waals surface area contributed by atoms with Crippen LogP contribution >= 0.6 is 0 Å². The van der Waals surface area contributed by atoms with Crippen molar-refractivity contribution in [1.29, 1.82) is 0 Å². The topological polar surface area (TPSA) is 42.3 Å². The first-order chi connectivity index (χ1) is 8.69. The Morgan fingerprint density at radius 2 is 2.00 bits per heavy atom. The second kappa shape index (κ2) is 5.38. The molecule has 0 radical (unpaired) electrons. The molecule has 1 saturated heterocycles. The number of aryl methyl sites for hydroxylation is 1. The summed E-state index contributed by atoms with van der Waals surface area (Å²) in [6.45, 7) is 6.52. The number of carbonyl (C=O) groups excluding carboxylic acids is 1. The normalized spacial score (nSPS) is 15.1. The number of aldehydes is 1. The zero-order chi connectivity index (χ0) is 13.1. The van der Waals surface area contributed by atoms with Crippen molar-refractivity contribution in [3.05, 3.63) is 27.7 Å². The first kappa shape index (κ1) is 12.9. The molecule has 1 aromatic heterocycles. The zero-order valence-corrected chi connectivity index (χ0v) is 11.1. The third kappa shape index (κ3) is 2.19. The van der Waals surface area contributed by atoms with Gasteiger partial charge >= 0.3 is 0 Å². The largest absolute Gasteiger partial charge is 0.371 e. The minimum absolute atomic E-state index is 0.145. The molecule has 0 spiro atoms. The number of hydrogen-bond donors (Lipinski definition) is 0. The molecule has 0 atom stereocenters. The van der Waals surface area contributed by atoms with E-state index in [1.54, 1.807) is 4.57 Å². The van der Waals surface area contributed by atoms with E-state index in [-0.39, 0.29) is 5.56 Å². The van der Waals surface area contributed by atoms with Gasteiger partial charge in [-0.15, -0.1) is 0 Å². The van der Waals surface area contributed by atoms with E-state index >= 15 is 0 Å². The van der Waals surface area contributed by atoms with Crippen LogP contribution in [-0.2, 0) is 6.54 Å². The lowest BCUT2D eigenvalue weighted by atomic mass is 10.2. The van der Waals surface area contributed by atoms with Crippen molar-refractivity contribution in [1.82, 2.24) is 4.57 Å². The van der Waals surface area contributed by atoms with E-state index < -0.39 is 0 Å². The summed E-state index contributed by atoms with van der Waals surface area (Å²) in [6, 6.07) is 1.98. The number of pyridine rings is 1. The molecule has 1 aliphatic heterocycles. The smallest absolute Gasteiger partial charge is 0.263 e. The van der Waals surface area contributed by atoms with Gasteiger partial charge in [0.05, 0.1) is 5.69 Å². The SMILES string of the molecule is CCCn1c(C)cc(N2CCCC2)c(C=O)c1=O. The van der Waals surface area contributed by atoms with Crippen molar-refractivity contribution in [3.63, 3.8) is 0 Å². The van der Waals surface area contributed by atoms with Gasteiger partial charge in [-0.2, -0.15) is 0 Å². The van der Waals surface area contributed by atoms with Gasteiger partial charge in [-0.05, 0) is 32.3 Å². The summed E-state index contributed by atoms with van der Waals surface area (Å²) in [4.78, 5) is 25.7. The number of aromatic nitrogens is 1. The fourth-order valence-electron chi connectivity index (χ4n) is 2.60. The molecule has 1 fully saturated rings. The Hall–Kier alpha value is -1.58. The molecule has 18 heavy (non-hydrogen) atoms. The lowest BCUT2D eigenvalue weighted by molar-refractivity contribution is 0.112. The Bertz CT molecular complexity index is 499. The third-order valence-corrected chi connectivity index (χ3v) is 3.53. The molecular weight excluding hydrogens is 228 g/mol. The Morgan fingerprint density at radius 3 is 2.56 bits per heavy atom. The van der Waals surface area contributed by atoms with Crippen LogP contribution in [-0.4, -0.2) is 23.9 Å². The first-order valence-electron chi connectivity index (χ1n) is 6.63. The minimum Gasteiger partial charge on any atom is -0.371 e. The predicted octanol–water partition coefficient (Wildman–Crippen LogP) is 1.98. The Labute approximate surface area is 107 Å². The van der Waals surface area contributed by atoms with E-state index in [1.165, 1.54) is 0 Å². The van der Waals surface area contributed by atoms with Crippen LogP contribution < -0.4 is 10.5 Å². The van der Waals surface area contributed by atoms with Crippen molar-refractivity contribution >= 4 is 12.0 Å². The fourth-order valence-corrected chi connectivity index (χ4v) is 2.60. The van der Waals surface area contributed by atoms with Crippen LogP contribution in [0.5, 0.6) is 0 Å². The summed E-state index contributed by atoms with van der Waals surface area (Å²) in [5.74, 6) is 0. The van der Waals surface area contributed by atoms with Gasteiger partial charge in [-0.3, -0.25) is 9.59 Å². The molecule has 1 aliphatic rings. The van der Waals surface area contributed by atoms with E-state index in [0.29, 0.717) is 18.4 Å². The molecule has 2 rings (SSSR count). The Balaban J connectivity index is 2.54. The van der Waals surface area contributed by atoms with Gasteiger partial charge in [0.1, 0.15) is 5.56 Å². The van der Waals surface area contributed by atoms with Crippen LogP contribution in [0, 0.1) is 6.92 Å². The first-order valence-corrected chi connectivity index (χ1v) is 6.63. The average molecular weight is 248 g/mol. The average Bonchev–Trinajstić information content (AvgIpc) is 2.87. The third-order valence-electron chi connectivity index (χ3n) is 3.53. The predicted molar refractivity (Wildman–Crippen MR) is 72.6 cm³/mol. The Morgan fingerprint density at radius 1 is 1.33 bits per heavy atom. The maximum absolute atomic E-state index is 12.3. The van der Waals surface area contributed by atoms with Gasteiger partial charge in [-0.25, -0.2) is 0 Å². The molecule has 0 amide bonds. The molecule has 4 nitrogen and oxygen atoms in total. The maximum atomic E-state index is 12.3. The summed E-state index contributed by atoms with van der Waals surface area (Å²) < 4.78 is 1.70. The number of hydrogen-bond acceptors (Lipinski definition) is 3. The van der Waals surface area contributed by atoms with Crippen molar-refractivity contribution in [2.45, 2.75) is 39.7 Å². The zero-order valence-electron chi connectivity index (χ0n) is 11.1. The van der Waals surface area contributed by atoms with Crippen molar-refractivity contribution < 1.29 is 4.79 Å².